The van der Waals surface area contributed by atoms with Crippen LogP contribution < -0.4 is 10.0 Å². The van der Waals surface area contributed by atoms with E-state index in [-0.39, 0.29) is 46.1 Å². The molecule has 0 aliphatic heterocycles. The summed E-state index contributed by atoms with van der Waals surface area (Å²) in [5.41, 5.74) is 0.536. The van der Waals surface area contributed by atoms with Crippen LogP contribution in [0.4, 0.5) is 17.2 Å². The smallest absolute Gasteiger partial charge is 0.309 e. The van der Waals surface area contributed by atoms with Crippen LogP contribution >= 0.6 is 11.6 Å². The van der Waals surface area contributed by atoms with Gasteiger partial charge in [-0.3, -0.25) is 24.3 Å². The first-order chi connectivity index (χ1) is 14.6. The highest BCUT2D eigenvalue weighted by Gasteiger charge is 2.17. The number of hydrogen-bond acceptors (Lipinski definition) is 8. The van der Waals surface area contributed by atoms with Crippen molar-refractivity contribution in [1.82, 2.24) is 20.0 Å². The fourth-order valence-electron chi connectivity index (χ4n) is 2.53. The zero-order valence-corrected chi connectivity index (χ0v) is 17.6. The lowest BCUT2D eigenvalue weighted by atomic mass is 10.3. The molecule has 0 saturated heterocycles. The van der Waals surface area contributed by atoms with Crippen molar-refractivity contribution in [3.05, 3.63) is 63.6 Å². The van der Waals surface area contributed by atoms with Crippen molar-refractivity contribution in [3.8, 4) is 0 Å². The monoisotopic (exact) mass is 465 g/mol. The molecule has 0 atom stereocenters. The molecule has 2 aromatic heterocycles. The maximum Gasteiger partial charge on any atom is 0.309 e. The zero-order chi connectivity index (χ0) is 22.6. The molecule has 12 nitrogen and oxygen atoms in total. The molecule has 0 saturated carbocycles. The van der Waals surface area contributed by atoms with Crippen molar-refractivity contribution in [3.63, 3.8) is 0 Å². The van der Waals surface area contributed by atoms with E-state index in [1.54, 1.807) is 0 Å². The Hall–Kier alpha value is -3.58. The third-order valence-electron chi connectivity index (χ3n) is 4.00. The second-order valence-electron chi connectivity index (χ2n) is 6.29. The number of aromatic nitrogens is 4. The van der Waals surface area contributed by atoms with E-state index >= 15 is 0 Å². The van der Waals surface area contributed by atoms with Crippen LogP contribution in [0.15, 0.2) is 47.5 Å². The van der Waals surface area contributed by atoms with Crippen LogP contribution in [0.2, 0.25) is 5.15 Å². The van der Waals surface area contributed by atoms with Gasteiger partial charge in [0.15, 0.2) is 11.0 Å². The summed E-state index contributed by atoms with van der Waals surface area (Å²) >= 11 is 5.62. The highest BCUT2D eigenvalue weighted by Crippen LogP contribution is 2.18. The Morgan fingerprint density at radius 3 is 2.48 bits per heavy atom. The van der Waals surface area contributed by atoms with Crippen LogP contribution in [0.25, 0.3) is 0 Å². The number of nitro groups is 1. The minimum Gasteiger partial charge on any atom is -0.326 e. The number of nitrogens with zero attached hydrogens (tertiary/aromatic N) is 5. The number of aryl methyl sites for hydroxylation is 2. The number of amides is 1. The van der Waals surface area contributed by atoms with E-state index in [9.17, 15) is 23.3 Å². The molecule has 1 aromatic carbocycles. The average molecular weight is 466 g/mol. The Labute approximate surface area is 181 Å². The van der Waals surface area contributed by atoms with Crippen molar-refractivity contribution in [2.24, 2.45) is 0 Å². The van der Waals surface area contributed by atoms with Gasteiger partial charge in [-0.05, 0) is 43.3 Å². The fourth-order valence-corrected chi connectivity index (χ4v) is 3.62. The normalized spacial score (nSPS) is 11.2. The van der Waals surface area contributed by atoms with Gasteiger partial charge in [0.05, 0.1) is 9.82 Å². The SMILES string of the molecule is Cc1nn(CCC(=O)Nc2ccc(S(=O)(=O)Nc3ccc(Cl)nn3)cc2)cc1[N+](=O)[O-]. The molecular formula is C17H16ClN7O5S. The minimum atomic E-state index is -3.90. The van der Waals surface area contributed by atoms with Gasteiger partial charge in [-0.1, -0.05) is 11.6 Å². The molecule has 0 spiro atoms. The maximum absolute atomic E-state index is 12.4. The van der Waals surface area contributed by atoms with Crippen molar-refractivity contribution in [2.75, 3.05) is 10.0 Å². The largest absolute Gasteiger partial charge is 0.326 e. The number of benzene rings is 1. The molecule has 31 heavy (non-hydrogen) atoms. The lowest BCUT2D eigenvalue weighted by molar-refractivity contribution is -0.385. The van der Waals surface area contributed by atoms with Crippen LogP contribution in [0.5, 0.6) is 0 Å². The van der Waals surface area contributed by atoms with E-state index in [1.807, 2.05) is 0 Å². The van der Waals surface area contributed by atoms with Gasteiger partial charge < -0.3 is 5.32 Å². The van der Waals surface area contributed by atoms with Crippen LogP contribution in [0.3, 0.4) is 0 Å². The van der Waals surface area contributed by atoms with Crippen molar-refractivity contribution < 1.29 is 18.1 Å². The third-order valence-corrected chi connectivity index (χ3v) is 5.58. The van der Waals surface area contributed by atoms with Crippen molar-refractivity contribution in [1.29, 1.82) is 0 Å². The highest BCUT2D eigenvalue weighted by atomic mass is 35.5. The molecule has 0 aliphatic rings. The number of anilines is 2. The fraction of sp³-hybridized carbons (Fsp3) is 0.176. The third kappa shape index (κ3) is 5.73. The summed E-state index contributed by atoms with van der Waals surface area (Å²) in [7, 11) is -3.90. The summed E-state index contributed by atoms with van der Waals surface area (Å²) in [6.07, 6.45) is 1.29. The quantitative estimate of drug-likeness (QED) is 0.378. The molecule has 0 bridgehead atoms. The van der Waals surface area contributed by atoms with E-state index < -0.39 is 14.9 Å². The molecular weight excluding hydrogens is 450 g/mol. The molecule has 14 heteroatoms. The first-order valence-corrected chi connectivity index (χ1v) is 10.6. The predicted octanol–water partition coefficient (Wildman–Crippen LogP) is 2.37. The van der Waals surface area contributed by atoms with E-state index in [0.29, 0.717) is 5.69 Å². The molecule has 2 N–H and O–H groups in total. The molecule has 162 valence electrons. The topological polar surface area (TPSA) is 162 Å². The summed E-state index contributed by atoms with van der Waals surface area (Å²) in [5.74, 6) is -0.350. The number of halogens is 1. The standard InChI is InChI=1S/C17H16ClN7O5S/c1-11-14(25(27)28)10-24(22-11)9-8-17(26)19-12-2-4-13(5-3-12)31(29,30)23-16-7-6-15(18)20-21-16/h2-7,10H,8-9H2,1H3,(H,19,26)(H,21,23). The molecule has 2 heterocycles. The Kier molecular flexibility index (Phi) is 6.46. The number of sulfonamides is 1. The van der Waals surface area contributed by atoms with Gasteiger partial charge in [0.2, 0.25) is 5.91 Å². The lowest BCUT2D eigenvalue weighted by Gasteiger charge is -2.09. The van der Waals surface area contributed by atoms with Gasteiger partial charge in [-0.15, -0.1) is 10.2 Å². The van der Waals surface area contributed by atoms with E-state index in [4.69, 9.17) is 11.6 Å². The Bertz CT molecular complexity index is 1210. The molecule has 1 amide bonds. The van der Waals surface area contributed by atoms with E-state index in [1.165, 1.54) is 54.2 Å². The summed E-state index contributed by atoms with van der Waals surface area (Å²) in [6.45, 7) is 1.66. The molecule has 3 rings (SSSR count). The zero-order valence-electron chi connectivity index (χ0n) is 16.0. The van der Waals surface area contributed by atoms with Crippen molar-refractivity contribution in [2.45, 2.75) is 24.8 Å². The first kappa shape index (κ1) is 22.1. The predicted molar refractivity (Wildman–Crippen MR) is 111 cm³/mol. The van der Waals surface area contributed by atoms with E-state index in [0.717, 1.165) is 0 Å². The highest BCUT2D eigenvalue weighted by molar-refractivity contribution is 7.92. The van der Waals surface area contributed by atoms with E-state index in [2.05, 4.69) is 25.3 Å². The molecule has 3 aromatic rings. The van der Waals surface area contributed by atoms with Crippen molar-refractivity contribution >= 4 is 44.7 Å². The number of hydrogen-bond donors (Lipinski definition) is 2. The second kappa shape index (κ2) is 9.06. The number of carbonyl (C=O) groups is 1. The minimum absolute atomic E-state index is 0.0101. The number of carbonyl (C=O) groups excluding carboxylic acids is 1. The van der Waals surface area contributed by atoms with Crippen LogP contribution in [-0.2, 0) is 21.4 Å². The summed E-state index contributed by atoms with van der Waals surface area (Å²) in [4.78, 5) is 22.4. The van der Waals surface area contributed by atoms with Gasteiger partial charge in [0.25, 0.3) is 10.0 Å². The summed E-state index contributed by atoms with van der Waals surface area (Å²) in [6, 6.07) is 8.28. The molecule has 0 radical (unpaired) electrons. The maximum atomic E-state index is 12.4. The van der Waals surface area contributed by atoms with Crippen LogP contribution in [0, 0.1) is 17.0 Å². The van der Waals surface area contributed by atoms with Crippen LogP contribution in [-0.4, -0.2) is 39.2 Å². The molecule has 0 fully saturated rings. The summed E-state index contributed by atoms with van der Waals surface area (Å²) < 4.78 is 28.4. The molecule has 0 unspecified atom stereocenters. The Balaban J connectivity index is 1.58. The Morgan fingerprint density at radius 2 is 1.90 bits per heavy atom. The van der Waals surface area contributed by atoms with Gasteiger partial charge in [0.1, 0.15) is 11.9 Å². The number of nitrogens with one attached hydrogen (secondary N) is 2. The average Bonchev–Trinajstić information content (AvgIpc) is 3.09. The van der Waals surface area contributed by atoms with Gasteiger partial charge in [-0.25, -0.2) is 8.42 Å². The van der Waals surface area contributed by atoms with Gasteiger partial charge >= 0.3 is 5.69 Å². The number of rotatable bonds is 8. The molecule has 0 aliphatic carbocycles. The summed E-state index contributed by atoms with van der Waals surface area (Å²) in [5, 5.41) is 24.8. The Morgan fingerprint density at radius 1 is 1.19 bits per heavy atom. The van der Waals surface area contributed by atoms with Gasteiger partial charge in [-0.2, -0.15) is 5.10 Å². The second-order valence-corrected chi connectivity index (χ2v) is 8.36. The first-order valence-electron chi connectivity index (χ1n) is 8.74. The van der Waals surface area contributed by atoms with Gasteiger partial charge in [0, 0.05) is 18.7 Å². The lowest BCUT2D eigenvalue weighted by Crippen LogP contribution is -2.16. The van der Waals surface area contributed by atoms with Crippen LogP contribution in [0.1, 0.15) is 12.1 Å².